The van der Waals surface area contributed by atoms with Crippen LogP contribution in [0.2, 0.25) is 0 Å². The third-order valence-corrected chi connectivity index (χ3v) is 3.10. The third-order valence-electron chi connectivity index (χ3n) is 3.10. The number of benzene rings is 2. The number of hydrogen-bond acceptors (Lipinski definition) is 5. The number of oxime groups is 1. The van der Waals surface area contributed by atoms with Crippen molar-refractivity contribution in [1.29, 1.82) is 0 Å². The fourth-order valence-corrected chi connectivity index (χ4v) is 1.91. The summed E-state index contributed by atoms with van der Waals surface area (Å²) in [4.78, 5) is 16.5. The lowest BCUT2D eigenvalue weighted by Gasteiger charge is -2.13. The molecule has 0 atom stereocenters. The maximum absolute atomic E-state index is 11.6. The van der Waals surface area contributed by atoms with Gasteiger partial charge in [0, 0.05) is 6.42 Å². The molecular weight excluding hydrogens is 294 g/mol. The van der Waals surface area contributed by atoms with Crippen LogP contribution < -0.4 is 9.47 Å². The highest BCUT2D eigenvalue weighted by molar-refractivity contribution is 5.98. The van der Waals surface area contributed by atoms with E-state index < -0.39 is 0 Å². The second-order valence-corrected chi connectivity index (χ2v) is 4.77. The predicted molar refractivity (Wildman–Crippen MR) is 87.7 cm³/mol. The van der Waals surface area contributed by atoms with Crippen molar-refractivity contribution in [3.63, 3.8) is 0 Å². The van der Waals surface area contributed by atoms with E-state index in [1.165, 1.54) is 7.11 Å². The molecule has 23 heavy (non-hydrogen) atoms. The normalized spacial score (nSPS) is 11.0. The molecule has 5 nitrogen and oxygen atoms in total. The van der Waals surface area contributed by atoms with Crippen LogP contribution in [0.5, 0.6) is 11.5 Å². The maximum atomic E-state index is 11.6. The van der Waals surface area contributed by atoms with Gasteiger partial charge in [-0.25, -0.2) is 0 Å². The van der Waals surface area contributed by atoms with Gasteiger partial charge in [0.05, 0.1) is 5.56 Å². The van der Waals surface area contributed by atoms with E-state index in [1.54, 1.807) is 25.1 Å². The molecule has 0 amide bonds. The van der Waals surface area contributed by atoms with E-state index in [1.807, 2.05) is 37.3 Å². The van der Waals surface area contributed by atoms with Crippen molar-refractivity contribution in [2.24, 2.45) is 5.16 Å². The Morgan fingerprint density at radius 2 is 1.65 bits per heavy atom. The molecule has 0 saturated heterocycles. The predicted octanol–water partition coefficient (Wildman–Crippen LogP) is 3.70. The molecule has 0 saturated carbocycles. The van der Waals surface area contributed by atoms with Crippen molar-refractivity contribution in [3.05, 3.63) is 59.7 Å². The molecular formula is C18H19NO4. The van der Waals surface area contributed by atoms with Gasteiger partial charge in [0.15, 0.2) is 0 Å². The third kappa shape index (κ3) is 4.32. The van der Waals surface area contributed by atoms with Gasteiger partial charge in [0.25, 0.3) is 5.90 Å². The fraction of sp³-hybridized carbons (Fsp3) is 0.222. The molecule has 0 bridgehead atoms. The summed E-state index contributed by atoms with van der Waals surface area (Å²) in [6.07, 6.45) is 0.281. The van der Waals surface area contributed by atoms with Crippen LogP contribution in [0, 0.1) is 6.92 Å². The standard InChI is InChI=1S/C18H19NO4/c1-4-17(20)22-16-12-8-6-10-14(16)18(19-21-3)23-15-11-7-5-9-13(15)2/h5-12H,4H2,1-3H3. The molecule has 0 aliphatic heterocycles. The van der Waals surface area contributed by atoms with Crippen LogP contribution >= 0.6 is 0 Å². The summed E-state index contributed by atoms with van der Waals surface area (Å²) in [5, 5.41) is 3.93. The molecule has 0 radical (unpaired) electrons. The number of esters is 1. The smallest absolute Gasteiger partial charge is 0.310 e. The van der Waals surface area contributed by atoms with Crippen LogP contribution in [-0.4, -0.2) is 19.0 Å². The molecule has 5 heteroatoms. The second kappa shape index (κ2) is 7.98. The van der Waals surface area contributed by atoms with Crippen molar-refractivity contribution in [2.75, 3.05) is 7.11 Å². The van der Waals surface area contributed by atoms with Crippen LogP contribution in [0.3, 0.4) is 0 Å². The minimum Gasteiger partial charge on any atom is -0.436 e. The number of ether oxygens (including phenoxy) is 2. The van der Waals surface area contributed by atoms with Gasteiger partial charge in [-0.15, -0.1) is 0 Å². The van der Waals surface area contributed by atoms with Crippen molar-refractivity contribution in [1.82, 2.24) is 0 Å². The molecule has 2 rings (SSSR count). The van der Waals surface area contributed by atoms with Gasteiger partial charge in [-0.3, -0.25) is 4.79 Å². The Balaban J connectivity index is 2.37. The fourth-order valence-electron chi connectivity index (χ4n) is 1.91. The average molecular weight is 313 g/mol. The van der Waals surface area contributed by atoms with Crippen molar-refractivity contribution in [3.8, 4) is 11.5 Å². The van der Waals surface area contributed by atoms with E-state index >= 15 is 0 Å². The van der Waals surface area contributed by atoms with Crippen LogP contribution in [0.1, 0.15) is 24.5 Å². The van der Waals surface area contributed by atoms with Gasteiger partial charge < -0.3 is 14.3 Å². The first kappa shape index (κ1) is 16.5. The van der Waals surface area contributed by atoms with Crippen molar-refractivity contribution < 1.29 is 19.1 Å². The van der Waals surface area contributed by atoms with Crippen molar-refractivity contribution in [2.45, 2.75) is 20.3 Å². The Labute approximate surface area is 135 Å². The van der Waals surface area contributed by atoms with E-state index in [0.717, 1.165) is 5.56 Å². The van der Waals surface area contributed by atoms with E-state index in [2.05, 4.69) is 5.16 Å². The van der Waals surface area contributed by atoms with Crippen LogP contribution in [0.15, 0.2) is 53.7 Å². The zero-order valence-electron chi connectivity index (χ0n) is 13.4. The van der Waals surface area contributed by atoms with E-state index in [4.69, 9.17) is 14.3 Å². The first-order chi connectivity index (χ1) is 11.2. The van der Waals surface area contributed by atoms with E-state index in [0.29, 0.717) is 17.1 Å². The second-order valence-electron chi connectivity index (χ2n) is 4.77. The lowest BCUT2D eigenvalue weighted by Crippen LogP contribution is -2.15. The van der Waals surface area contributed by atoms with Gasteiger partial charge in [-0.05, 0) is 35.8 Å². The van der Waals surface area contributed by atoms with Crippen molar-refractivity contribution >= 4 is 11.9 Å². The molecule has 0 N–H and O–H groups in total. The monoisotopic (exact) mass is 313 g/mol. The number of rotatable bonds is 5. The van der Waals surface area contributed by atoms with Gasteiger partial charge in [0.1, 0.15) is 18.6 Å². The quantitative estimate of drug-likeness (QED) is 0.278. The minimum atomic E-state index is -0.329. The molecule has 2 aromatic carbocycles. The van der Waals surface area contributed by atoms with Gasteiger partial charge >= 0.3 is 5.97 Å². The largest absolute Gasteiger partial charge is 0.436 e. The molecule has 0 spiro atoms. The molecule has 0 aromatic heterocycles. The highest BCUT2D eigenvalue weighted by Crippen LogP contribution is 2.23. The Morgan fingerprint density at radius 3 is 2.30 bits per heavy atom. The van der Waals surface area contributed by atoms with Gasteiger partial charge in [0.2, 0.25) is 0 Å². The molecule has 0 aliphatic rings. The number of carbonyl (C=O) groups excluding carboxylic acids is 1. The van der Waals surface area contributed by atoms with Gasteiger partial charge in [-0.1, -0.05) is 37.3 Å². The summed E-state index contributed by atoms with van der Waals surface area (Å²) in [5.74, 6) is 0.926. The SMILES string of the molecule is CCC(=O)Oc1ccccc1C(=NOC)Oc1ccccc1C. The molecule has 2 aromatic rings. The molecule has 0 heterocycles. The molecule has 0 aliphatic carbocycles. The summed E-state index contributed by atoms with van der Waals surface area (Å²) in [6, 6.07) is 14.6. The Bertz CT molecular complexity index is 710. The molecule has 0 fully saturated rings. The van der Waals surface area contributed by atoms with Crippen LogP contribution in [0.25, 0.3) is 0 Å². The highest BCUT2D eigenvalue weighted by atomic mass is 16.6. The summed E-state index contributed by atoms with van der Waals surface area (Å²) in [6.45, 7) is 3.67. The maximum Gasteiger partial charge on any atom is 0.310 e. The lowest BCUT2D eigenvalue weighted by atomic mass is 10.2. The number of carbonyl (C=O) groups is 1. The Kier molecular flexibility index (Phi) is 5.74. The summed E-state index contributed by atoms with van der Waals surface area (Å²) in [5.41, 5.74) is 1.50. The highest BCUT2D eigenvalue weighted by Gasteiger charge is 2.16. The van der Waals surface area contributed by atoms with Crippen LogP contribution in [0.4, 0.5) is 0 Å². The zero-order chi connectivity index (χ0) is 16.7. The Morgan fingerprint density at radius 1 is 1.00 bits per heavy atom. The number of aryl methyl sites for hydroxylation is 1. The molecule has 0 unspecified atom stereocenters. The summed E-state index contributed by atoms with van der Waals surface area (Å²) < 4.78 is 11.2. The lowest BCUT2D eigenvalue weighted by molar-refractivity contribution is -0.134. The molecule has 120 valence electrons. The zero-order valence-corrected chi connectivity index (χ0v) is 13.4. The first-order valence-corrected chi connectivity index (χ1v) is 7.30. The first-order valence-electron chi connectivity index (χ1n) is 7.30. The van der Waals surface area contributed by atoms with Gasteiger partial charge in [-0.2, -0.15) is 0 Å². The van der Waals surface area contributed by atoms with E-state index in [-0.39, 0.29) is 18.3 Å². The topological polar surface area (TPSA) is 57.1 Å². The number of nitrogens with zero attached hydrogens (tertiary/aromatic N) is 1. The summed E-state index contributed by atoms with van der Waals surface area (Å²) in [7, 11) is 1.43. The Hall–Kier alpha value is -2.82. The van der Waals surface area contributed by atoms with Crippen LogP contribution in [-0.2, 0) is 9.63 Å². The summed E-state index contributed by atoms with van der Waals surface area (Å²) >= 11 is 0. The average Bonchev–Trinajstić information content (AvgIpc) is 2.57. The number of para-hydroxylation sites is 2. The minimum absolute atomic E-state index is 0.223. The van der Waals surface area contributed by atoms with E-state index in [9.17, 15) is 4.79 Å². The number of hydrogen-bond donors (Lipinski definition) is 0.